The largest absolute Gasteiger partial charge is 0.483 e. The number of allylic oxidation sites excluding steroid dienone is 2. The summed E-state index contributed by atoms with van der Waals surface area (Å²) in [7, 11) is 2.76. The van der Waals surface area contributed by atoms with Crippen LogP contribution in [0.1, 0.15) is 21.5 Å². The maximum absolute atomic E-state index is 14.3. The average Bonchev–Trinajstić information content (AvgIpc) is 3.10. The molecule has 0 fully saturated rings. The number of hydrogen-bond donors (Lipinski definition) is 2. The van der Waals surface area contributed by atoms with Gasteiger partial charge in [-0.25, -0.2) is 13.6 Å². The fourth-order valence-electron chi connectivity index (χ4n) is 2.50. The lowest BCUT2D eigenvalue weighted by molar-refractivity contribution is 0.112. The lowest BCUT2D eigenvalue weighted by atomic mass is 10.1. The first-order valence-corrected chi connectivity index (χ1v) is 9.57. The minimum atomic E-state index is -0.810. The zero-order valence-electron chi connectivity index (χ0n) is 16.7. The highest BCUT2D eigenvalue weighted by Crippen LogP contribution is 2.33. The maximum atomic E-state index is 14.3. The van der Waals surface area contributed by atoms with Crippen LogP contribution in [0, 0.1) is 18.6 Å². The highest BCUT2D eigenvalue weighted by atomic mass is 32.1. The third-order valence-electron chi connectivity index (χ3n) is 4.30. The van der Waals surface area contributed by atoms with E-state index < -0.39 is 24.2 Å². The molecule has 1 aromatic heterocycles. The van der Waals surface area contributed by atoms with Crippen LogP contribution in [0.4, 0.5) is 18.6 Å². The summed E-state index contributed by atoms with van der Waals surface area (Å²) in [6.45, 7) is 1.26. The Morgan fingerprint density at radius 3 is 2.43 bits per heavy atom. The van der Waals surface area contributed by atoms with E-state index in [9.17, 15) is 18.4 Å². The number of methoxy groups -OCH3 is 1. The zero-order valence-corrected chi connectivity index (χ0v) is 17.5. The number of ether oxygens (including phenoxy) is 1. The van der Waals surface area contributed by atoms with Crippen LogP contribution in [0.5, 0.6) is 0 Å². The van der Waals surface area contributed by atoms with Crippen molar-refractivity contribution in [2.75, 3.05) is 19.1 Å². The molecule has 4 N–H and O–H groups in total. The second kappa shape index (κ2) is 9.88. The summed E-state index contributed by atoms with van der Waals surface area (Å²) in [5, 5.41) is 1.93. The summed E-state index contributed by atoms with van der Waals surface area (Å²) in [6.07, 6.45) is 3.30. The monoisotopic (exact) mass is 436 g/mol. The predicted octanol–water partition coefficient (Wildman–Crippen LogP) is 3.45. The molecule has 0 unspecified atom stereocenters. The first-order chi connectivity index (χ1) is 14.2. The second-order valence-electron chi connectivity index (χ2n) is 6.25. The van der Waals surface area contributed by atoms with Gasteiger partial charge in [0.2, 0.25) is 0 Å². The summed E-state index contributed by atoms with van der Waals surface area (Å²) in [5.41, 5.74) is 12.0. The lowest BCUT2D eigenvalue weighted by Gasteiger charge is -2.28. The minimum Gasteiger partial charge on any atom is -0.483 e. The van der Waals surface area contributed by atoms with Gasteiger partial charge in [0.15, 0.2) is 12.2 Å². The second-order valence-corrected chi connectivity index (χ2v) is 7.11. The van der Waals surface area contributed by atoms with E-state index in [1.807, 2.05) is 0 Å². The van der Waals surface area contributed by atoms with E-state index in [1.54, 1.807) is 12.3 Å². The predicted molar refractivity (Wildman–Crippen MR) is 112 cm³/mol. The average molecular weight is 436 g/mol. The third-order valence-corrected chi connectivity index (χ3v) is 5.44. The standard InChI is InChI=1S/C20H22F2N4O3S/c1-12-11-30-19(14(12)10-27)26(9-13-15(21)5-4-6-16(13)22)20(28)25(2)17(23)7-8-18(24)29-3/h4-8,10-11H,9,23-24H2,1-3H3/b17-7+,18-8+. The highest BCUT2D eigenvalue weighted by Gasteiger charge is 2.27. The Morgan fingerprint density at radius 1 is 1.23 bits per heavy atom. The molecule has 0 saturated heterocycles. The van der Waals surface area contributed by atoms with E-state index >= 15 is 0 Å². The fourth-order valence-corrected chi connectivity index (χ4v) is 3.52. The molecule has 0 atom stereocenters. The molecule has 2 aromatic rings. The van der Waals surface area contributed by atoms with E-state index in [0.29, 0.717) is 11.8 Å². The number of thiophene rings is 1. The smallest absolute Gasteiger partial charge is 0.330 e. The highest BCUT2D eigenvalue weighted by molar-refractivity contribution is 7.15. The van der Waals surface area contributed by atoms with Crippen LogP contribution >= 0.6 is 11.3 Å². The number of benzene rings is 1. The number of anilines is 1. The summed E-state index contributed by atoms with van der Waals surface area (Å²) in [6, 6.07) is 2.72. The van der Waals surface area contributed by atoms with Crippen molar-refractivity contribution in [3.05, 3.63) is 75.8 Å². The number of carbonyl (C=O) groups excluding carboxylic acids is 2. The number of rotatable bonds is 7. The van der Waals surface area contributed by atoms with Crippen LogP contribution in [0.15, 0.2) is 47.4 Å². The van der Waals surface area contributed by atoms with Crippen molar-refractivity contribution in [2.24, 2.45) is 11.5 Å². The number of amides is 2. The van der Waals surface area contributed by atoms with Gasteiger partial charge in [-0.15, -0.1) is 11.3 Å². The summed E-state index contributed by atoms with van der Waals surface area (Å²) < 4.78 is 33.3. The lowest BCUT2D eigenvalue weighted by Crippen LogP contribution is -2.42. The van der Waals surface area contributed by atoms with Crippen LogP contribution in [0.2, 0.25) is 0 Å². The molecule has 30 heavy (non-hydrogen) atoms. The van der Waals surface area contributed by atoms with Gasteiger partial charge >= 0.3 is 6.03 Å². The number of aldehydes is 1. The Balaban J connectivity index is 2.50. The van der Waals surface area contributed by atoms with Crippen LogP contribution < -0.4 is 16.4 Å². The molecule has 0 aliphatic carbocycles. The molecule has 0 saturated carbocycles. The Bertz CT molecular complexity index is 984. The Hall–Kier alpha value is -3.40. The van der Waals surface area contributed by atoms with Gasteiger partial charge in [-0.05, 0) is 36.1 Å². The molecule has 0 bridgehead atoms. The number of hydrogen-bond acceptors (Lipinski definition) is 6. The van der Waals surface area contributed by atoms with Crippen LogP contribution in [-0.4, -0.2) is 31.4 Å². The van der Waals surface area contributed by atoms with E-state index in [2.05, 4.69) is 0 Å². The Morgan fingerprint density at radius 2 is 1.87 bits per heavy atom. The van der Waals surface area contributed by atoms with Gasteiger partial charge in [-0.2, -0.15) is 0 Å². The minimum absolute atomic E-state index is 0.0000586. The van der Waals surface area contributed by atoms with Crippen molar-refractivity contribution in [1.29, 1.82) is 0 Å². The molecule has 2 rings (SSSR count). The number of urea groups is 1. The Kier molecular flexibility index (Phi) is 7.54. The quantitative estimate of drug-likeness (QED) is 0.393. The molecule has 0 aliphatic rings. The number of carbonyl (C=O) groups is 2. The van der Waals surface area contributed by atoms with Gasteiger partial charge in [-0.1, -0.05) is 6.07 Å². The van der Waals surface area contributed by atoms with Crippen LogP contribution in [0.3, 0.4) is 0 Å². The van der Waals surface area contributed by atoms with Gasteiger partial charge in [0.05, 0.1) is 19.2 Å². The molecular formula is C20H22F2N4O3S. The van der Waals surface area contributed by atoms with Crippen molar-refractivity contribution >= 4 is 28.7 Å². The van der Waals surface area contributed by atoms with Crippen molar-refractivity contribution < 1.29 is 23.1 Å². The van der Waals surface area contributed by atoms with Gasteiger partial charge in [-0.3, -0.25) is 14.6 Å². The van der Waals surface area contributed by atoms with E-state index in [-0.39, 0.29) is 27.8 Å². The van der Waals surface area contributed by atoms with Crippen molar-refractivity contribution in [2.45, 2.75) is 13.5 Å². The molecule has 0 radical (unpaired) electrons. The van der Waals surface area contributed by atoms with Crippen LogP contribution in [-0.2, 0) is 11.3 Å². The Labute approximate surface area is 176 Å². The normalized spacial score (nSPS) is 11.9. The van der Waals surface area contributed by atoms with Crippen molar-refractivity contribution in [1.82, 2.24) is 4.90 Å². The fraction of sp³-hybridized carbons (Fsp3) is 0.200. The third kappa shape index (κ3) is 4.95. The molecular weight excluding hydrogens is 414 g/mol. The molecule has 10 heteroatoms. The molecule has 0 spiro atoms. The van der Waals surface area contributed by atoms with Gasteiger partial charge in [0.25, 0.3) is 0 Å². The van der Waals surface area contributed by atoms with E-state index in [4.69, 9.17) is 16.2 Å². The molecule has 1 heterocycles. The van der Waals surface area contributed by atoms with Gasteiger partial charge in [0.1, 0.15) is 22.5 Å². The van der Waals surface area contributed by atoms with Crippen molar-refractivity contribution in [3.63, 3.8) is 0 Å². The van der Waals surface area contributed by atoms with Gasteiger partial charge < -0.3 is 16.2 Å². The SMILES string of the molecule is CO/C(N)=C/C=C(\N)N(C)C(=O)N(Cc1c(F)cccc1F)c1scc(C)c1C=O. The zero-order chi connectivity index (χ0) is 22.4. The molecule has 1 aromatic carbocycles. The van der Waals surface area contributed by atoms with Crippen LogP contribution in [0.25, 0.3) is 0 Å². The molecule has 160 valence electrons. The first-order valence-electron chi connectivity index (χ1n) is 8.69. The van der Waals surface area contributed by atoms with E-state index in [1.165, 1.54) is 32.4 Å². The van der Waals surface area contributed by atoms with E-state index in [0.717, 1.165) is 33.3 Å². The summed E-state index contributed by atoms with van der Waals surface area (Å²) in [5.74, 6) is -1.55. The number of nitrogens with two attached hydrogens (primary N) is 2. The molecule has 0 aliphatic heterocycles. The summed E-state index contributed by atoms with van der Waals surface area (Å²) >= 11 is 1.11. The maximum Gasteiger partial charge on any atom is 0.330 e. The number of nitrogens with zero attached hydrogens (tertiary/aromatic N) is 2. The van der Waals surface area contributed by atoms with Gasteiger partial charge in [0, 0.05) is 18.7 Å². The number of halogens is 2. The first kappa shape index (κ1) is 22.9. The molecule has 2 amide bonds. The van der Waals surface area contributed by atoms with Crippen molar-refractivity contribution in [3.8, 4) is 0 Å². The molecule has 7 nitrogen and oxygen atoms in total. The summed E-state index contributed by atoms with van der Waals surface area (Å²) in [4.78, 5) is 26.9. The topological polar surface area (TPSA) is 102 Å². The number of aryl methyl sites for hydroxylation is 1.